The van der Waals surface area contributed by atoms with Gasteiger partial charge in [-0.05, 0) is 25.7 Å². The summed E-state index contributed by atoms with van der Waals surface area (Å²) in [5, 5.41) is 8.92. The van der Waals surface area contributed by atoms with Gasteiger partial charge in [-0.2, -0.15) is 0 Å². The van der Waals surface area contributed by atoms with Crippen LogP contribution in [0.5, 0.6) is 0 Å². The zero-order valence-corrected chi connectivity index (χ0v) is 8.80. The van der Waals surface area contributed by atoms with Crippen LogP contribution in [0, 0.1) is 0 Å². The number of carboxylic acid groups (broad SMARTS) is 1. The van der Waals surface area contributed by atoms with E-state index in [1.54, 1.807) is 0 Å². The molecule has 0 aliphatic heterocycles. The molecule has 0 atom stereocenters. The first-order chi connectivity index (χ1) is 6.80. The fraction of sp³-hybridized carbons (Fsp3) is 0.750. The van der Waals surface area contributed by atoms with E-state index in [9.17, 15) is 4.79 Å². The molecule has 1 N–H and O–H groups in total. The van der Waals surface area contributed by atoms with Gasteiger partial charge in [-0.1, -0.05) is 38.2 Å². The zero-order chi connectivity index (χ0) is 10.2. The molecule has 0 amide bonds. The number of rotatable bonds is 1. The van der Waals surface area contributed by atoms with Crippen LogP contribution in [0.2, 0.25) is 0 Å². The van der Waals surface area contributed by atoms with Gasteiger partial charge in [0.2, 0.25) is 0 Å². The van der Waals surface area contributed by atoms with Crippen molar-refractivity contribution in [2.45, 2.75) is 57.8 Å². The minimum atomic E-state index is -0.718. The van der Waals surface area contributed by atoms with E-state index in [1.807, 2.05) is 6.08 Å². The van der Waals surface area contributed by atoms with Crippen molar-refractivity contribution in [3.63, 3.8) is 0 Å². The molecule has 0 unspecified atom stereocenters. The smallest absolute Gasteiger partial charge is 0.331 e. The third-order valence-electron chi connectivity index (χ3n) is 2.82. The van der Waals surface area contributed by atoms with Gasteiger partial charge in [0.1, 0.15) is 0 Å². The Balaban J connectivity index is 2.44. The van der Waals surface area contributed by atoms with Crippen molar-refractivity contribution in [3.8, 4) is 0 Å². The average Bonchev–Trinajstić information content (AvgIpc) is 2.21. The lowest BCUT2D eigenvalue weighted by Crippen LogP contribution is -2.00. The molecule has 0 aromatic rings. The van der Waals surface area contributed by atoms with Crippen LogP contribution in [0.15, 0.2) is 11.6 Å². The largest absolute Gasteiger partial charge is 0.478 e. The van der Waals surface area contributed by atoms with Gasteiger partial charge in [0, 0.05) is 5.57 Å². The zero-order valence-electron chi connectivity index (χ0n) is 8.80. The van der Waals surface area contributed by atoms with E-state index in [0.29, 0.717) is 5.57 Å². The lowest BCUT2D eigenvalue weighted by Gasteiger charge is -2.01. The van der Waals surface area contributed by atoms with Crippen molar-refractivity contribution in [1.82, 2.24) is 0 Å². The summed E-state index contributed by atoms with van der Waals surface area (Å²) in [4.78, 5) is 10.8. The van der Waals surface area contributed by atoms with Crippen LogP contribution in [0.1, 0.15) is 57.8 Å². The molecule has 0 bridgehead atoms. The lowest BCUT2D eigenvalue weighted by atomic mass is 10.1. The molecule has 14 heavy (non-hydrogen) atoms. The molecule has 0 radical (unpaired) electrons. The molecule has 2 heteroatoms. The fourth-order valence-electron chi connectivity index (χ4n) is 1.92. The van der Waals surface area contributed by atoms with Crippen molar-refractivity contribution in [1.29, 1.82) is 0 Å². The fourth-order valence-corrected chi connectivity index (χ4v) is 1.92. The van der Waals surface area contributed by atoms with E-state index in [0.717, 1.165) is 25.7 Å². The summed E-state index contributed by atoms with van der Waals surface area (Å²) < 4.78 is 0. The molecule has 1 aliphatic rings. The van der Waals surface area contributed by atoms with Gasteiger partial charge in [0.15, 0.2) is 0 Å². The molecule has 0 fully saturated rings. The van der Waals surface area contributed by atoms with E-state index in [1.165, 1.54) is 32.1 Å². The van der Waals surface area contributed by atoms with Crippen LogP contribution in [-0.4, -0.2) is 11.1 Å². The highest BCUT2D eigenvalue weighted by Crippen LogP contribution is 2.16. The first kappa shape index (κ1) is 11.3. The second-order valence-electron chi connectivity index (χ2n) is 4.05. The van der Waals surface area contributed by atoms with Gasteiger partial charge in [-0.15, -0.1) is 0 Å². The molecule has 1 rings (SSSR count). The normalized spacial score (nSPS) is 20.7. The molecule has 0 aromatic carbocycles. The van der Waals surface area contributed by atoms with E-state index in [4.69, 9.17) is 5.11 Å². The second kappa shape index (κ2) is 6.63. The molecular formula is C12H20O2. The van der Waals surface area contributed by atoms with Crippen LogP contribution in [0.25, 0.3) is 0 Å². The predicted octanol–water partition coefficient (Wildman–Crippen LogP) is 3.52. The van der Waals surface area contributed by atoms with E-state index in [2.05, 4.69) is 0 Å². The molecule has 0 saturated heterocycles. The van der Waals surface area contributed by atoms with Crippen LogP contribution < -0.4 is 0 Å². The van der Waals surface area contributed by atoms with E-state index in [-0.39, 0.29) is 0 Å². The Hall–Kier alpha value is -0.790. The third-order valence-corrected chi connectivity index (χ3v) is 2.82. The molecule has 0 spiro atoms. The highest BCUT2D eigenvalue weighted by molar-refractivity contribution is 5.86. The summed E-state index contributed by atoms with van der Waals surface area (Å²) in [6.45, 7) is 0. The highest BCUT2D eigenvalue weighted by Gasteiger charge is 2.06. The number of hydrogen-bond donors (Lipinski definition) is 1. The maximum Gasteiger partial charge on any atom is 0.331 e. The SMILES string of the molecule is O=C(O)C1=CCCCCCCCCC1. The number of hydrogen-bond acceptors (Lipinski definition) is 1. The Bertz CT molecular complexity index is 206. The molecular weight excluding hydrogens is 176 g/mol. The van der Waals surface area contributed by atoms with Gasteiger partial charge in [0.05, 0.1) is 0 Å². The number of carbonyl (C=O) groups is 1. The minimum Gasteiger partial charge on any atom is -0.478 e. The lowest BCUT2D eigenvalue weighted by molar-refractivity contribution is -0.132. The Morgan fingerprint density at radius 2 is 1.57 bits per heavy atom. The summed E-state index contributed by atoms with van der Waals surface area (Å²) >= 11 is 0. The molecule has 0 aromatic heterocycles. The summed E-state index contributed by atoms with van der Waals surface area (Å²) in [6.07, 6.45) is 12.2. The van der Waals surface area contributed by atoms with Crippen molar-refractivity contribution in [2.75, 3.05) is 0 Å². The number of aliphatic carboxylic acids is 1. The van der Waals surface area contributed by atoms with Gasteiger partial charge < -0.3 is 5.11 Å². The topological polar surface area (TPSA) is 37.3 Å². The summed E-state index contributed by atoms with van der Waals surface area (Å²) in [7, 11) is 0. The molecule has 0 heterocycles. The number of allylic oxidation sites excluding steroid dienone is 1. The Morgan fingerprint density at radius 3 is 2.21 bits per heavy atom. The van der Waals surface area contributed by atoms with Crippen LogP contribution in [-0.2, 0) is 4.79 Å². The van der Waals surface area contributed by atoms with Gasteiger partial charge >= 0.3 is 5.97 Å². The summed E-state index contributed by atoms with van der Waals surface area (Å²) in [5.74, 6) is -0.718. The van der Waals surface area contributed by atoms with Gasteiger partial charge in [-0.3, -0.25) is 0 Å². The average molecular weight is 196 g/mol. The summed E-state index contributed by atoms with van der Waals surface area (Å²) in [5.41, 5.74) is 0.631. The van der Waals surface area contributed by atoms with Gasteiger partial charge in [-0.25, -0.2) is 4.79 Å². The first-order valence-corrected chi connectivity index (χ1v) is 5.73. The van der Waals surface area contributed by atoms with Crippen molar-refractivity contribution >= 4 is 5.97 Å². The molecule has 1 aliphatic carbocycles. The minimum absolute atomic E-state index is 0.631. The quantitative estimate of drug-likeness (QED) is 0.696. The third kappa shape index (κ3) is 4.45. The van der Waals surface area contributed by atoms with Crippen LogP contribution in [0.3, 0.4) is 0 Å². The number of carboxylic acids is 1. The summed E-state index contributed by atoms with van der Waals surface area (Å²) in [6, 6.07) is 0. The molecule has 0 saturated carbocycles. The Labute approximate surface area is 86.0 Å². The van der Waals surface area contributed by atoms with Crippen molar-refractivity contribution in [3.05, 3.63) is 11.6 Å². The monoisotopic (exact) mass is 196 g/mol. The molecule has 2 nitrogen and oxygen atoms in total. The van der Waals surface area contributed by atoms with E-state index >= 15 is 0 Å². The maximum atomic E-state index is 10.8. The Morgan fingerprint density at radius 1 is 1.00 bits per heavy atom. The second-order valence-corrected chi connectivity index (χ2v) is 4.05. The molecule has 80 valence electrons. The Kier molecular flexibility index (Phi) is 5.35. The van der Waals surface area contributed by atoms with E-state index < -0.39 is 5.97 Å². The predicted molar refractivity (Wildman–Crippen MR) is 57.3 cm³/mol. The first-order valence-electron chi connectivity index (χ1n) is 5.73. The highest BCUT2D eigenvalue weighted by atomic mass is 16.4. The van der Waals surface area contributed by atoms with Crippen LogP contribution >= 0.6 is 0 Å². The van der Waals surface area contributed by atoms with Crippen molar-refractivity contribution in [2.24, 2.45) is 0 Å². The van der Waals surface area contributed by atoms with Crippen LogP contribution in [0.4, 0.5) is 0 Å². The standard InChI is InChI=1S/C12H20O2/c13-12(14)11-9-7-5-3-1-2-4-6-8-10-11/h9H,1-8,10H2,(H,13,14). The van der Waals surface area contributed by atoms with Gasteiger partial charge in [0.25, 0.3) is 0 Å². The maximum absolute atomic E-state index is 10.8. The van der Waals surface area contributed by atoms with Crippen molar-refractivity contribution < 1.29 is 9.90 Å².